The van der Waals surface area contributed by atoms with Gasteiger partial charge < -0.3 is 14.6 Å². The van der Waals surface area contributed by atoms with Crippen LogP contribution in [0.15, 0.2) is 18.2 Å². The van der Waals surface area contributed by atoms with Gasteiger partial charge in [0.05, 0.1) is 11.2 Å². The van der Waals surface area contributed by atoms with E-state index in [2.05, 4.69) is 33.0 Å². The first-order valence-corrected chi connectivity index (χ1v) is 6.93. The summed E-state index contributed by atoms with van der Waals surface area (Å²) in [7, 11) is 1.57. The highest BCUT2D eigenvalue weighted by molar-refractivity contribution is 6.62. The molecule has 3 nitrogen and oxygen atoms in total. The largest absolute Gasteiger partial charge is 0.494 e. The molecular weight excluding hydrogens is 260 g/mol. The van der Waals surface area contributed by atoms with Gasteiger partial charge in [-0.25, -0.2) is 0 Å². The highest BCUT2D eigenvalue weighted by atomic mass is 35.5. The second-order valence-electron chi connectivity index (χ2n) is 5.97. The van der Waals surface area contributed by atoms with Crippen molar-refractivity contribution in [2.75, 3.05) is 7.05 Å². The SMILES string of the molecule is CNCc1cc(B2OC(C)(C)C(C)(C)O2)ccc1Cl. The third-order valence-corrected chi connectivity index (χ3v) is 4.33. The van der Waals surface area contributed by atoms with E-state index in [1.165, 1.54) is 0 Å². The van der Waals surface area contributed by atoms with Crippen molar-refractivity contribution in [3.05, 3.63) is 28.8 Å². The van der Waals surface area contributed by atoms with Gasteiger partial charge in [-0.2, -0.15) is 0 Å². The molecule has 1 aliphatic rings. The van der Waals surface area contributed by atoms with E-state index in [-0.39, 0.29) is 18.3 Å². The number of halogens is 1. The summed E-state index contributed by atoms with van der Waals surface area (Å²) in [6.07, 6.45) is 0. The smallest absolute Gasteiger partial charge is 0.399 e. The molecule has 0 atom stereocenters. The maximum atomic E-state index is 6.17. The molecule has 1 aliphatic heterocycles. The fraction of sp³-hybridized carbons (Fsp3) is 0.571. The topological polar surface area (TPSA) is 30.5 Å². The molecule has 0 aliphatic carbocycles. The van der Waals surface area contributed by atoms with E-state index >= 15 is 0 Å². The third kappa shape index (κ3) is 2.82. The fourth-order valence-electron chi connectivity index (χ4n) is 2.05. The molecule has 1 heterocycles. The van der Waals surface area contributed by atoms with Crippen LogP contribution in [0.3, 0.4) is 0 Å². The number of rotatable bonds is 3. The molecule has 5 heteroatoms. The Bertz CT molecular complexity index is 461. The molecule has 1 aromatic carbocycles. The fourth-order valence-corrected chi connectivity index (χ4v) is 2.23. The molecule has 0 bridgehead atoms. The van der Waals surface area contributed by atoms with Gasteiger partial charge in [-0.05, 0) is 51.8 Å². The maximum absolute atomic E-state index is 6.17. The second kappa shape index (κ2) is 5.10. The Morgan fingerprint density at radius 1 is 1.16 bits per heavy atom. The summed E-state index contributed by atoms with van der Waals surface area (Å²) in [5.74, 6) is 0. The summed E-state index contributed by atoms with van der Waals surface area (Å²) in [4.78, 5) is 0. The molecule has 0 unspecified atom stereocenters. The van der Waals surface area contributed by atoms with E-state index in [9.17, 15) is 0 Å². The first-order chi connectivity index (χ1) is 8.77. The molecule has 2 rings (SSSR count). The second-order valence-corrected chi connectivity index (χ2v) is 6.38. The minimum absolute atomic E-state index is 0.319. The van der Waals surface area contributed by atoms with Gasteiger partial charge in [-0.15, -0.1) is 0 Å². The first-order valence-electron chi connectivity index (χ1n) is 6.55. The normalized spacial score (nSPS) is 20.8. The standard InChI is InChI=1S/C14H21BClNO2/c1-13(2)14(3,4)19-15(18-13)11-6-7-12(16)10(8-11)9-17-5/h6-8,17H,9H2,1-5H3. The number of hydrogen-bond acceptors (Lipinski definition) is 3. The highest BCUT2D eigenvalue weighted by Gasteiger charge is 2.51. The van der Waals surface area contributed by atoms with Crippen molar-refractivity contribution in [3.8, 4) is 0 Å². The zero-order valence-corrected chi connectivity index (χ0v) is 13.0. The lowest BCUT2D eigenvalue weighted by Gasteiger charge is -2.32. The van der Waals surface area contributed by atoms with Crippen molar-refractivity contribution in [2.45, 2.75) is 45.4 Å². The summed E-state index contributed by atoms with van der Waals surface area (Å²) < 4.78 is 12.1. The van der Waals surface area contributed by atoms with Crippen LogP contribution >= 0.6 is 11.6 Å². The van der Waals surface area contributed by atoms with Crippen molar-refractivity contribution in [3.63, 3.8) is 0 Å². The van der Waals surface area contributed by atoms with E-state index in [1.807, 2.05) is 25.2 Å². The van der Waals surface area contributed by atoms with E-state index in [1.54, 1.807) is 0 Å². The molecule has 0 aromatic heterocycles. The third-order valence-electron chi connectivity index (χ3n) is 3.96. The van der Waals surface area contributed by atoms with Gasteiger partial charge in [-0.1, -0.05) is 23.7 Å². The molecule has 0 amide bonds. The Labute approximate surface area is 120 Å². The lowest BCUT2D eigenvalue weighted by atomic mass is 9.78. The quantitative estimate of drug-likeness (QED) is 0.863. The molecule has 0 spiro atoms. The van der Waals surface area contributed by atoms with E-state index < -0.39 is 0 Å². The first kappa shape index (κ1) is 14.9. The molecule has 1 N–H and O–H groups in total. The molecule has 0 saturated carbocycles. The minimum atomic E-state index is -0.335. The van der Waals surface area contributed by atoms with Crippen molar-refractivity contribution in [1.82, 2.24) is 5.32 Å². The Morgan fingerprint density at radius 2 is 1.74 bits per heavy atom. The van der Waals surface area contributed by atoms with Crippen LogP contribution in [0.5, 0.6) is 0 Å². The van der Waals surface area contributed by atoms with Gasteiger partial charge in [0.2, 0.25) is 0 Å². The van der Waals surface area contributed by atoms with Crippen LogP contribution < -0.4 is 10.8 Å². The van der Waals surface area contributed by atoms with Gasteiger partial charge in [0.1, 0.15) is 0 Å². The van der Waals surface area contributed by atoms with Crippen LogP contribution in [-0.2, 0) is 15.9 Å². The average Bonchev–Trinajstić information content (AvgIpc) is 2.51. The zero-order valence-electron chi connectivity index (χ0n) is 12.2. The average molecular weight is 282 g/mol. The van der Waals surface area contributed by atoms with Gasteiger partial charge in [0.25, 0.3) is 0 Å². The van der Waals surface area contributed by atoms with Crippen LogP contribution in [0.4, 0.5) is 0 Å². The van der Waals surface area contributed by atoms with Gasteiger partial charge in [0.15, 0.2) is 0 Å². The highest BCUT2D eigenvalue weighted by Crippen LogP contribution is 2.36. The van der Waals surface area contributed by atoms with Crippen LogP contribution in [0.1, 0.15) is 33.3 Å². The van der Waals surface area contributed by atoms with E-state index in [0.29, 0.717) is 0 Å². The molecule has 104 valence electrons. The van der Waals surface area contributed by atoms with Crippen LogP contribution in [0.2, 0.25) is 5.02 Å². The maximum Gasteiger partial charge on any atom is 0.494 e. The lowest BCUT2D eigenvalue weighted by molar-refractivity contribution is 0.00578. The molecular formula is C14H21BClNO2. The monoisotopic (exact) mass is 281 g/mol. The van der Waals surface area contributed by atoms with Crippen molar-refractivity contribution >= 4 is 24.2 Å². The van der Waals surface area contributed by atoms with Crippen LogP contribution in [0.25, 0.3) is 0 Å². The Kier molecular flexibility index (Phi) is 3.98. The Morgan fingerprint density at radius 3 is 2.26 bits per heavy atom. The van der Waals surface area contributed by atoms with Gasteiger partial charge >= 0.3 is 7.12 Å². The summed E-state index contributed by atoms with van der Waals surface area (Å²) in [6, 6.07) is 5.90. The van der Waals surface area contributed by atoms with E-state index in [0.717, 1.165) is 22.6 Å². The minimum Gasteiger partial charge on any atom is -0.399 e. The predicted molar refractivity (Wildman–Crippen MR) is 79.9 cm³/mol. The summed E-state index contributed by atoms with van der Waals surface area (Å²) in [5, 5.41) is 3.87. The molecule has 1 aromatic rings. The van der Waals surface area contributed by atoms with Gasteiger partial charge in [0, 0.05) is 11.6 Å². The number of nitrogens with one attached hydrogen (secondary N) is 1. The number of benzene rings is 1. The lowest BCUT2D eigenvalue weighted by Crippen LogP contribution is -2.41. The zero-order chi connectivity index (χ0) is 14.3. The Hall–Kier alpha value is -0.545. The predicted octanol–water partition coefficient (Wildman–Crippen LogP) is 2.36. The van der Waals surface area contributed by atoms with Crippen molar-refractivity contribution < 1.29 is 9.31 Å². The van der Waals surface area contributed by atoms with Gasteiger partial charge in [-0.3, -0.25) is 0 Å². The molecule has 1 saturated heterocycles. The molecule has 1 fully saturated rings. The van der Waals surface area contributed by atoms with Crippen LogP contribution in [0, 0.1) is 0 Å². The Balaban J connectivity index is 2.27. The number of hydrogen-bond donors (Lipinski definition) is 1. The molecule has 0 radical (unpaired) electrons. The van der Waals surface area contributed by atoms with Crippen LogP contribution in [-0.4, -0.2) is 25.4 Å². The molecule has 19 heavy (non-hydrogen) atoms. The summed E-state index contributed by atoms with van der Waals surface area (Å²) >= 11 is 6.17. The summed E-state index contributed by atoms with van der Waals surface area (Å²) in [6.45, 7) is 8.94. The summed E-state index contributed by atoms with van der Waals surface area (Å²) in [5.41, 5.74) is 1.42. The van der Waals surface area contributed by atoms with Crippen molar-refractivity contribution in [2.24, 2.45) is 0 Å². The van der Waals surface area contributed by atoms with E-state index in [4.69, 9.17) is 20.9 Å². The van der Waals surface area contributed by atoms with Crippen molar-refractivity contribution in [1.29, 1.82) is 0 Å².